The summed E-state index contributed by atoms with van der Waals surface area (Å²) in [6.45, 7) is 7.47. The number of esters is 1. The Labute approximate surface area is 182 Å². The quantitative estimate of drug-likeness (QED) is 0.638. The molecule has 1 aliphatic rings. The lowest BCUT2D eigenvalue weighted by atomic mass is 9.97. The molecule has 31 heavy (non-hydrogen) atoms. The second kappa shape index (κ2) is 11.3. The van der Waals surface area contributed by atoms with E-state index in [1.54, 1.807) is 19.1 Å². The number of hydrogen-bond acceptors (Lipinski definition) is 6. The maximum atomic E-state index is 12.5. The molecule has 1 heterocycles. The van der Waals surface area contributed by atoms with Gasteiger partial charge in [-0.3, -0.25) is 14.9 Å². The monoisotopic (exact) mass is 433 g/mol. The first-order valence-electron chi connectivity index (χ1n) is 10.6. The molecule has 2 N–H and O–H groups in total. The highest BCUT2D eigenvalue weighted by Crippen LogP contribution is 2.23. The maximum absolute atomic E-state index is 12.5. The molecule has 0 saturated carbocycles. The summed E-state index contributed by atoms with van der Waals surface area (Å²) in [5.74, 6) is -1.05. The van der Waals surface area contributed by atoms with E-state index in [0.717, 1.165) is 19.3 Å². The Kier molecular flexibility index (Phi) is 8.84. The summed E-state index contributed by atoms with van der Waals surface area (Å²) in [7, 11) is 0. The summed E-state index contributed by atoms with van der Waals surface area (Å²) < 4.78 is 10.7. The van der Waals surface area contributed by atoms with Crippen molar-refractivity contribution in [2.24, 2.45) is 0 Å². The first-order valence-corrected chi connectivity index (χ1v) is 10.6. The predicted octanol–water partition coefficient (Wildman–Crippen LogP) is 2.25. The number of rotatable bonds is 7. The summed E-state index contributed by atoms with van der Waals surface area (Å²) in [6, 6.07) is 5.85. The van der Waals surface area contributed by atoms with Crippen molar-refractivity contribution in [3.05, 3.63) is 29.8 Å². The van der Waals surface area contributed by atoms with E-state index in [0.29, 0.717) is 12.3 Å². The lowest BCUT2D eigenvalue weighted by molar-refractivity contribution is -0.139. The molecule has 3 atom stereocenters. The van der Waals surface area contributed by atoms with Crippen molar-refractivity contribution in [1.82, 2.24) is 15.5 Å². The van der Waals surface area contributed by atoms with Crippen LogP contribution in [0.4, 0.5) is 4.79 Å². The summed E-state index contributed by atoms with van der Waals surface area (Å²) in [6.07, 6.45) is 1.97. The van der Waals surface area contributed by atoms with Gasteiger partial charge in [0.15, 0.2) is 12.7 Å². The molecule has 0 radical (unpaired) electrons. The number of piperidine rings is 1. The van der Waals surface area contributed by atoms with Crippen LogP contribution in [0, 0.1) is 0 Å². The first kappa shape index (κ1) is 24.2. The van der Waals surface area contributed by atoms with Crippen molar-refractivity contribution in [1.29, 1.82) is 0 Å². The number of ether oxygens (including phenoxy) is 2. The van der Waals surface area contributed by atoms with Crippen molar-refractivity contribution < 1.29 is 28.7 Å². The van der Waals surface area contributed by atoms with Gasteiger partial charge in [-0.15, -0.1) is 0 Å². The van der Waals surface area contributed by atoms with Gasteiger partial charge in [0.2, 0.25) is 0 Å². The van der Waals surface area contributed by atoms with Gasteiger partial charge in [0.05, 0.1) is 5.56 Å². The number of nitrogens with one attached hydrogen (secondary N) is 2. The van der Waals surface area contributed by atoms with Crippen molar-refractivity contribution >= 4 is 23.8 Å². The SMILES string of the molecule is CCNC(=O)NC(=O)C(C)OC(=O)c1ccc(OCC(=O)N2C(C)CCCC2C)cc1. The van der Waals surface area contributed by atoms with E-state index in [1.807, 2.05) is 18.7 Å². The van der Waals surface area contributed by atoms with Gasteiger partial charge in [0.25, 0.3) is 11.8 Å². The lowest BCUT2D eigenvalue weighted by Crippen LogP contribution is -2.49. The Bertz CT molecular complexity index is 785. The molecular weight excluding hydrogens is 402 g/mol. The minimum Gasteiger partial charge on any atom is -0.484 e. The van der Waals surface area contributed by atoms with E-state index in [9.17, 15) is 19.2 Å². The topological polar surface area (TPSA) is 114 Å². The average molecular weight is 434 g/mol. The van der Waals surface area contributed by atoms with Crippen LogP contribution in [0.25, 0.3) is 0 Å². The van der Waals surface area contributed by atoms with Crippen LogP contribution in [-0.4, -0.2) is 60.1 Å². The summed E-state index contributed by atoms with van der Waals surface area (Å²) in [4.78, 5) is 49.9. The molecule has 1 saturated heterocycles. The number of imide groups is 1. The van der Waals surface area contributed by atoms with Gasteiger partial charge < -0.3 is 19.7 Å². The molecule has 9 nitrogen and oxygen atoms in total. The van der Waals surface area contributed by atoms with Gasteiger partial charge in [-0.2, -0.15) is 0 Å². The fraction of sp³-hybridized carbons (Fsp3) is 0.545. The van der Waals surface area contributed by atoms with Crippen molar-refractivity contribution in [2.75, 3.05) is 13.2 Å². The van der Waals surface area contributed by atoms with Crippen LogP contribution in [0.3, 0.4) is 0 Å². The highest BCUT2D eigenvalue weighted by Gasteiger charge is 2.29. The normalized spacial score (nSPS) is 19.2. The predicted molar refractivity (Wildman–Crippen MR) is 114 cm³/mol. The summed E-state index contributed by atoms with van der Waals surface area (Å²) in [5.41, 5.74) is 0.217. The molecule has 1 aliphatic heterocycles. The lowest BCUT2D eigenvalue weighted by Gasteiger charge is -2.38. The van der Waals surface area contributed by atoms with Crippen LogP contribution >= 0.6 is 0 Å². The summed E-state index contributed by atoms with van der Waals surface area (Å²) >= 11 is 0. The number of hydrogen-bond donors (Lipinski definition) is 2. The third-order valence-corrected chi connectivity index (χ3v) is 5.16. The first-order chi connectivity index (χ1) is 14.7. The second-order valence-corrected chi connectivity index (χ2v) is 7.64. The molecule has 1 aromatic carbocycles. The van der Waals surface area contributed by atoms with Gasteiger partial charge in [-0.05, 0) is 71.2 Å². The Morgan fingerprint density at radius 1 is 1.10 bits per heavy atom. The van der Waals surface area contributed by atoms with E-state index in [1.165, 1.54) is 19.1 Å². The van der Waals surface area contributed by atoms with Gasteiger partial charge in [0, 0.05) is 18.6 Å². The van der Waals surface area contributed by atoms with E-state index < -0.39 is 24.0 Å². The maximum Gasteiger partial charge on any atom is 0.338 e. The molecule has 1 fully saturated rings. The van der Waals surface area contributed by atoms with E-state index >= 15 is 0 Å². The molecule has 3 unspecified atom stereocenters. The third-order valence-electron chi connectivity index (χ3n) is 5.16. The van der Waals surface area contributed by atoms with Gasteiger partial charge in [-0.1, -0.05) is 0 Å². The van der Waals surface area contributed by atoms with Crippen LogP contribution < -0.4 is 15.4 Å². The average Bonchev–Trinajstić information content (AvgIpc) is 2.72. The number of nitrogens with zero attached hydrogens (tertiary/aromatic N) is 1. The zero-order valence-electron chi connectivity index (χ0n) is 18.5. The number of carbonyl (C=O) groups is 4. The molecular formula is C22H31N3O6. The fourth-order valence-corrected chi connectivity index (χ4v) is 3.52. The van der Waals surface area contributed by atoms with E-state index in [2.05, 4.69) is 10.6 Å². The molecule has 0 aliphatic carbocycles. The van der Waals surface area contributed by atoms with E-state index in [-0.39, 0.29) is 30.2 Å². The smallest absolute Gasteiger partial charge is 0.338 e. The van der Waals surface area contributed by atoms with Crippen molar-refractivity contribution in [3.8, 4) is 5.75 Å². The molecule has 4 amide bonds. The Balaban J connectivity index is 1.85. The minimum absolute atomic E-state index is 0.0601. The van der Waals surface area contributed by atoms with Crippen LogP contribution in [0.2, 0.25) is 0 Å². The highest BCUT2D eigenvalue weighted by atomic mass is 16.5. The zero-order chi connectivity index (χ0) is 23.0. The number of amides is 4. The molecule has 0 spiro atoms. The molecule has 2 rings (SSSR count). The Morgan fingerprint density at radius 2 is 1.71 bits per heavy atom. The van der Waals surface area contributed by atoms with Crippen molar-refractivity contribution in [3.63, 3.8) is 0 Å². The number of benzene rings is 1. The van der Waals surface area contributed by atoms with Crippen LogP contribution in [-0.2, 0) is 14.3 Å². The fourth-order valence-electron chi connectivity index (χ4n) is 3.52. The Hall–Kier alpha value is -3.10. The van der Waals surface area contributed by atoms with Crippen molar-refractivity contribution in [2.45, 2.75) is 65.1 Å². The number of urea groups is 1. The van der Waals surface area contributed by atoms with Crippen LogP contribution in [0.15, 0.2) is 24.3 Å². The van der Waals surface area contributed by atoms with E-state index in [4.69, 9.17) is 9.47 Å². The standard InChI is InChI=1S/C22H31N3O6/c1-5-23-22(29)24-20(27)16(4)31-21(28)17-9-11-18(12-10-17)30-13-19(26)25-14(2)7-6-8-15(25)3/h9-12,14-16H,5-8,13H2,1-4H3,(H2,23,24,27,29). The summed E-state index contributed by atoms with van der Waals surface area (Å²) in [5, 5.41) is 4.50. The molecule has 0 bridgehead atoms. The van der Waals surface area contributed by atoms with Gasteiger partial charge in [0.1, 0.15) is 5.75 Å². The molecule has 0 aromatic heterocycles. The van der Waals surface area contributed by atoms with Crippen LogP contribution in [0.1, 0.15) is 57.3 Å². The second-order valence-electron chi connectivity index (χ2n) is 7.64. The molecule has 170 valence electrons. The number of carbonyl (C=O) groups excluding carboxylic acids is 4. The van der Waals surface area contributed by atoms with Gasteiger partial charge in [-0.25, -0.2) is 9.59 Å². The number of likely N-dealkylation sites (tertiary alicyclic amines) is 1. The zero-order valence-corrected chi connectivity index (χ0v) is 18.5. The largest absolute Gasteiger partial charge is 0.484 e. The molecule has 1 aromatic rings. The minimum atomic E-state index is -1.14. The highest BCUT2D eigenvalue weighted by molar-refractivity contribution is 5.98. The van der Waals surface area contributed by atoms with Crippen LogP contribution in [0.5, 0.6) is 5.75 Å². The Morgan fingerprint density at radius 3 is 2.29 bits per heavy atom. The van der Waals surface area contributed by atoms with Gasteiger partial charge >= 0.3 is 12.0 Å². The molecule has 9 heteroatoms. The third kappa shape index (κ3) is 6.97.